The summed E-state index contributed by atoms with van der Waals surface area (Å²) in [4.78, 5) is 37.9. The maximum atomic E-state index is 12.8. The predicted molar refractivity (Wildman–Crippen MR) is 104 cm³/mol. The predicted octanol–water partition coefficient (Wildman–Crippen LogP) is 0.546. The Morgan fingerprint density at radius 2 is 2.25 bits per heavy atom. The summed E-state index contributed by atoms with van der Waals surface area (Å²) >= 11 is 3.85. The van der Waals surface area contributed by atoms with E-state index < -0.39 is 23.0 Å². The molecular weight excluding hydrogens is 428 g/mol. The van der Waals surface area contributed by atoms with Crippen LogP contribution in [-0.4, -0.2) is 79.7 Å². The molecule has 2 aliphatic heterocycles. The largest absolute Gasteiger partial charge is 0.477 e. The van der Waals surface area contributed by atoms with E-state index in [1.807, 2.05) is 0 Å². The Balaban J connectivity index is 1.82. The number of aliphatic carboxylic acids is 1. The minimum Gasteiger partial charge on any atom is -0.477 e. The minimum absolute atomic E-state index is 0.0933. The highest BCUT2D eigenvalue weighted by Crippen LogP contribution is 2.47. The first kappa shape index (κ1) is 21.0. The number of fused-ring (bicyclic) bond motifs is 1. The number of carboxylic acids is 1. The molecule has 2 N–H and O–H groups in total. The molecule has 10 nitrogen and oxygen atoms in total. The Kier molecular flexibility index (Phi) is 6.27. The summed E-state index contributed by atoms with van der Waals surface area (Å²) in [6, 6.07) is 0. The summed E-state index contributed by atoms with van der Waals surface area (Å²) in [7, 11) is 1.32. The summed E-state index contributed by atoms with van der Waals surface area (Å²) in [6.07, 6.45) is 1.77. The fourth-order valence-electron chi connectivity index (χ4n) is 2.91. The average Bonchev–Trinajstić information content (AvgIpc) is 3.08. The van der Waals surface area contributed by atoms with Gasteiger partial charge in [-0.25, -0.2) is 4.79 Å². The second-order valence-electron chi connectivity index (χ2n) is 5.89. The zero-order valence-electron chi connectivity index (χ0n) is 15.3. The average molecular weight is 447 g/mol. The van der Waals surface area contributed by atoms with Crippen LogP contribution in [0.2, 0.25) is 0 Å². The molecular formula is C15H18N4O6S3. The Hall–Kier alpha value is -1.70. The van der Waals surface area contributed by atoms with Gasteiger partial charge in [-0.2, -0.15) is 11.8 Å². The molecule has 152 valence electrons. The highest BCUT2D eigenvalue weighted by molar-refractivity contribution is 8.01. The topological polar surface area (TPSA) is 135 Å². The molecule has 0 radical (unpaired) electrons. The van der Waals surface area contributed by atoms with Gasteiger partial charge in [0.15, 0.2) is 0 Å². The first-order chi connectivity index (χ1) is 13.3. The molecule has 1 fully saturated rings. The molecule has 2 atom stereocenters. The van der Waals surface area contributed by atoms with Crippen molar-refractivity contribution in [2.75, 3.05) is 30.6 Å². The van der Waals surface area contributed by atoms with Gasteiger partial charge in [0.1, 0.15) is 11.1 Å². The van der Waals surface area contributed by atoms with Crippen LogP contribution < -0.4 is 5.32 Å². The maximum Gasteiger partial charge on any atom is 0.352 e. The van der Waals surface area contributed by atoms with Crippen molar-refractivity contribution in [3.8, 4) is 0 Å². The summed E-state index contributed by atoms with van der Waals surface area (Å²) in [5.74, 6) is -0.936. The Bertz CT molecular complexity index is 843. The van der Waals surface area contributed by atoms with E-state index in [0.29, 0.717) is 22.4 Å². The number of hydrogen-bond donors (Lipinski definition) is 2. The fourth-order valence-corrected chi connectivity index (χ4v) is 5.63. The molecule has 0 unspecified atom stereocenters. The van der Waals surface area contributed by atoms with Crippen molar-refractivity contribution in [2.45, 2.75) is 23.2 Å². The van der Waals surface area contributed by atoms with Gasteiger partial charge in [0.2, 0.25) is 11.8 Å². The molecule has 2 amide bonds. The normalized spacial score (nSPS) is 24.0. The molecule has 1 saturated heterocycles. The second-order valence-corrected chi connectivity index (χ2v) is 8.75. The summed E-state index contributed by atoms with van der Waals surface area (Å²) in [5.41, 5.74) is -1.09. The van der Waals surface area contributed by atoms with Crippen LogP contribution in [0.4, 0.5) is 0 Å². The molecule has 3 rings (SSSR count). The smallest absolute Gasteiger partial charge is 0.352 e. The molecule has 28 heavy (non-hydrogen) atoms. The van der Waals surface area contributed by atoms with Gasteiger partial charge >= 0.3 is 5.97 Å². The first-order valence-electron chi connectivity index (χ1n) is 8.02. The summed E-state index contributed by atoms with van der Waals surface area (Å²) in [6.45, 7) is 1.66. The van der Waals surface area contributed by atoms with Gasteiger partial charge in [-0.15, -0.1) is 22.0 Å². The third kappa shape index (κ3) is 3.63. The van der Waals surface area contributed by atoms with Crippen LogP contribution in [0.5, 0.6) is 0 Å². The summed E-state index contributed by atoms with van der Waals surface area (Å²) < 4.78 is 10.6. The number of hydrogen-bond acceptors (Lipinski definition) is 10. The van der Waals surface area contributed by atoms with Crippen molar-refractivity contribution in [1.82, 2.24) is 20.4 Å². The Morgan fingerprint density at radius 1 is 1.50 bits per heavy atom. The number of nitrogens with one attached hydrogen (secondary N) is 1. The highest BCUT2D eigenvalue weighted by atomic mass is 32.2. The van der Waals surface area contributed by atoms with E-state index in [0.717, 1.165) is 0 Å². The molecule has 0 saturated carbocycles. The number of aromatic nitrogens is 2. The van der Waals surface area contributed by atoms with Gasteiger partial charge in [0.25, 0.3) is 16.9 Å². The molecule has 13 heteroatoms. The van der Waals surface area contributed by atoms with Gasteiger partial charge in [-0.05, 0) is 11.8 Å². The van der Waals surface area contributed by atoms with Crippen LogP contribution >= 0.6 is 35.3 Å². The van der Waals surface area contributed by atoms with Crippen LogP contribution in [0.25, 0.3) is 0 Å². The van der Waals surface area contributed by atoms with Gasteiger partial charge in [0.05, 0.1) is 5.75 Å². The molecule has 3 heterocycles. The number of rotatable bonds is 8. The summed E-state index contributed by atoms with van der Waals surface area (Å²) in [5, 5.41) is 19.6. The van der Waals surface area contributed by atoms with Crippen molar-refractivity contribution in [3.05, 3.63) is 17.2 Å². The number of thioether (sulfide) groups is 3. The van der Waals surface area contributed by atoms with E-state index in [9.17, 15) is 19.5 Å². The third-order valence-electron chi connectivity index (χ3n) is 4.11. The van der Waals surface area contributed by atoms with E-state index in [1.54, 1.807) is 13.2 Å². The molecule has 0 aliphatic carbocycles. The number of aryl methyl sites for hydroxylation is 1. The van der Waals surface area contributed by atoms with Crippen LogP contribution in [0.15, 0.2) is 20.9 Å². The lowest BCUT2D eigenvalue weighted by Crippen LogP contribution is -2.80. The monoisotopic (exact) mass is 446 g/mol. The van der Waals surface area contributed by atoms with E-state index in [2.05, 4.69) is 15.5 Å². The number of amides is 2. The number of methoxy groups -OCH3 is 1. The minimum atomic E-state index is -1.56. The highest BCUT2D eigenvalue weighted by Gasteiger charge is 2.66. The number of carbonyl (C=O) groups excluding carboxylic acids is 2. The van der Waals surface area contributed by atoms with Crippen molar-refractivity contribution in [3.63, 3.8) is 0 Å². The standard InChI is InChI=1S/C15H18N4O6S3/c1-7-17-18-14(25-7)28-5-8-4-27-13-15(24-2,16-9(20)6-26-3)12(23)19(13)10(8)11(21)22/h13H,4-6H2,1-3H3,(H,16,20)(H,21,22)/t13-,15-/m0/s1. The fraction of sp³-hybridized carbons (Fsp3) is 0.533. The van der Waals surface area contributed by atoms with E-state index in [1.165, 1.54) is 47.3 Å². The van der Waals surface area contributed by atoms with Crippen LogP contribution in [-0.2, 0) is 19.1 Å². The van der Waals surface area contributed by atoms with Crippen molar-refractivity contribution >= 4 is 53.1 Å². The first-order valence-corrected chi connectivity index (χ1v) is 11.5. The maximum absolute atomic E-state index is 12.8. The number of β-lactam (4-membered cyclic amide) rings is 1. The van der Waals surface area contributed by atoms with E-state index in [-0.39, 0.29) is 23.1 Å². The number of ether oxygens (including phenoxy) is 1. The Labute approximate surface area is 173 Å². The quantitative estimate of drug-likeness (QED) is 0.329. The van der Waals surface area contributed by atoms with E-state index in [4.69, 9.17) is 9.15 Å². The zero-order valence-corrected chi connectivity index (χ0v) is 17.7. The van der Waals surface area contributed by atoms with Crippen molar-refractivity contribution < 1.29 is 28.6 Å². The zero-order chi connectivity index (χ0) is 20.5. The lowest BCUT2D eigenvalue weighted by molar-refractivity contribution is -0.192. The lowest BCUT2D eigenvalue weighted by atomic mass is 9.98. The van der Waals surface area contributed by atoms with Crippen LogP contribution in [0.1, 0.15) is 5.89 Å². The van der Waals surface area contributed by atoms with E-state index >= 15 is 0 Å². The van der Waals surface area contributed by atoms with Crippen molar-refractivity contribution in [2.24, 2.45) is 0 Å². The molecule has 0 spiro atoms. The van der Waals surface area contributed by atoms with Crippen LogP contribution in [0.3, 0.4) is 0 Å². The number of carbonyl (C=O) groups is 3. The third-order valence-corrected chi connectivity index (χ3v) is 6.94. The SMILES string of the molecule is CO[C@@]1(NC(=O)CSC)C(=O)N2C(C(=O)O)=C(CSc3nnc(C)o3)CS[C@H]21. The van der Waals surface area contributed by atoms with Crippen LogP contribution in [0, 0.1) is 6.92 Å². The molecule has 1 aromatic heterocycles. The molecule has 1 aromatic rings. The van der Waals surface area contributed by atoms with Gasteiger partial charge < -0.3 is 19.6 Å². The lowest BCUT2D eigenvalue weighted by Gasteiger charge is -2.55. The van der Waals surface area contributed by atoms with Gasteiger partial charge in [0, 0.05) is 25.5 Å². The molecule has 0 aromatic carbocycles. The molecule has 0 bridgehead atoms. The Morgan fingerprint density at radius 3 is 2.82 bits per heavy atom. The number of nitrogens with zero attached hydrogens (tertiary/aromatic N) is 3. The van der Waals surface area contributed by atoms with Gasteiger partial charge in [-0.3, -0.25) is 14.5 Å². The molecule has 2 aliphatic rings. The van der Waals surface area contributed by atoms with Gasteiger partial charge in [-0.1, -0.05) is 11.8 Å². The van der Waals surface area contributed by atoms with Crippen molar-refractivity contribution in [1.29, 1.82) is 0 Å². The number of carboxylic acid groups (broad SMARTS) is 1. The second kappa shape index (κ2) is 8.35.